The fraction of sp³-hybridized carbons (Fsp3) is 0.400. The number of nitrogens with two attached hydrogens (primary N) is 2. The summed E-state index contributed by atoms with van der Waals surface area (Å²) >= 11 is 0. The van der Waals surface area contributed by atoms with Crippen LogP contribution in [0.2, 0.25) is 0 Å². The van der Waals surface area contributed by atoms with Crippen molar-refractivity contribution in [1.29, 1.82) is 0 Å². The van der Waals surface area contributed by atoms with E-state index in [2.05, 4.69) is 9.97 Å². The van der Waals surface area contributed by atoms with Crippen LogP contribution in [0.25, 0.3) is 22.3 Å². The molecule has 0 bridgehead atoms. The van der Waals surface area contributed by atoms with Gasteiger partial charge in [-0.25, -0.2) is 13.4 Å². The first kappa shape index (κ1) is 26.4. The van der Waals surface area contributed by atoms with Crippen LogP contribution in [0.3, 0.4) is 0 Å². The van der Waals surface area contributed by atoms with E-state index in [0.717, 1.165) is 6.42 Å². The van der Waals surface area contributed by atoms with Gasteiger partial charge in [-0.3, -0.25) is 9.59 Å². The number of rotatable bonds is 8. The lowest BCUT2D eigenvalue weighted by molar-refractivity contribution is -0.149. The van der Waals surface area contributed by atoms with Gasteiger partial charge in [-0.05, 0) is 56.5 Å². The van der Waals surface area contributed by atoms with Gasteiger partial charge in [0.05, 0.1) is 51.9 Å². The topological polar surface area (TPSA) is 171 Å². The van der Waals surface area contributed by atoms with Crippen molar-refractivity contribution in [2.24, 2.45) is 5.92 Å². The van der Waals surface area contributed by atoms with Crippen LogP contribution in [-0.4, -0.2) is 55.0 Å². The summed E-state index contributed by atoms with van der Waals surface area (Å²) in [5, 5.41) is 0.258. The Balaban J connectivity index is 1.78. The highest BCUT2D eigenvalue weighted by atomic mass is 32.2. The van der Waals surface area contributed by atoms with Crippen molar-refractivity contribution in [3.8, 4) is 17.1 Å². The van der Waals surface area contributed by atoms with Gasteiger partial charge in [0.1, 0.15) is 11.6 Å². The third-order valence-corrected chi connectivity index (χ3v) is 8.08. The van der Waals surface area contributed by atoms with Gasteiger partial charge in [0, 0.05) is 13.1 Å². The van der Waals surface area contributed by atoms with E-state index in [4.69, 9.17) is 20.9 Å². The van der Waals surface area contributed by atoms with Gasteiger partial charge >= 0.3 is 5.97 Å². The predicted molar refractivity (Wildman–Crippen MR) is 141 cm³/mol. The summed E-state index contributed by atoms with van der Waals surface area (Å²) in [6.45, 7) is 4.60. The molecule has 1 aromatic heterocycles. The number of hydrogen-bond acceptors (Lipinski definition) is 9. The van der Waals surface area contributed by atoms with Crippen molar-refractivity contribution in [2.75, 3.05) is 37.8 Å². The number of aromatic amines is 1. The molecule has 1 atom stereocenters. The predicted octanol–water partition coefficient (Wildman–Crippen LogP) is 2.51. The van der Waals surface area contributed by atoms with Gasteiger partial charge in [-0.1, -0.05) is 6.92 Å². The molecule has 0 spiro atoms. The molecule has 12 heteroatoms. The number of ether oxygens (including phenoxy) is 2. The van der Waals surface area contributed by atoms with Crippen molar-refractivity contribution in [2.45, 2.75) is 38.0 Å². The molecule has 3 aromatic rings. The molecule has 2 heterocycles. The molecule has 1 unspecified atom stereocenters. The summed E-state index contributed by atoms with van der Waals surface area (Å²) in [5.41, 5.74) is 12.5. The molecule has 37 heavy (non-hydrogen) atoms. The van der Waals surface area contributed by atoms with E-state index < -0.39 is 27.5 Å². The molecule has 2 aromatic carbocycles. The second-order valence-corrected chi connectivity index (χ2v) is 10.8. The molecule has 198 valence electrons. The summed E-state index contributed by atoms with van der Waals surface area (Å²) in [5.74, 6) is -0.418. The molecule has 4 rings (SSSR count). The maximum atomic E-state index is 13.6. The van der Waals surface area contributed by atoms with Crippen LogP contribution in [0.5, 0.6) is 5.75 Å². The number of nitrogens with one attached hydrogen (secondary N) is 1. The standard InChI is InChI=1S/C25H31N5O6S/c1-3-10-36-22-8-7-16(37(33,34)30-9-5-6-15(14-30)25(32)35-4-2)11-18(22)23-28-21-13-20(27)19(26)12-17(21)24(31)29-23/h7-8,11-13,15H,3-6,9-10,14,26-27H2,1-2H3,(H,28,29,31). The Hall–Kier alpha value is -3.64. The molecule has 0 amide bonds. The number of esters is 1. The zero-order valence-electron chi connectivity index (χ0n) is 20.8. The lowest BCUT2D eigenvalue weighted by atomic mass is 10.0. The molecule has 1 aliphatic heterocycles. The molecule has 1 aliphatic rings. The highest BCUT2D eigenvalue weighted by Gasteiger charge is 2.34. The highest BCUT2D eigenvalue weighted by molar-refractivity contribution is 7.89. The minimum absolute atomic E-state index is 0.00424. The van der Waals surface area contributed by atoms with Crippen LogP contribution in [0.4, 0.5) is 11.4 Å². The molecule has 1 saturated heterocycles. The second-order valence-electron chi connectivity index (χ2n) is 8.87. The number of aromatic nitrogens is 2. The summed E-state index contributed by atoms with van der Waals surface area (Å²) < 4.78 is 39.4. The quantitative estimate of drug-likeness (QED) is 0.293. The maximum absolute atomic E-state index is 13.6. The maximum Gasteiger partial charge on any atom is 0.310 e. The van der Waals surface area contributed by atoms with Gasteiger partial charge in [0.2, 0.25) is 10.0 Å². The number of nitrogen functional groups attached to an aromatic ring is 2. The molecule has 11 nitrogen and oxygen atoms in total. The minimum Gasteiger partial charge on any atom is -0.493 e. The lowest BCUT2D eigenvalue weighted by Crippen LogP contribution is -2.42. The number of sulfonamides is 1. The van der Waals surface area contributed by atoms with Gasteiger partial charge in [0.25, 0.3) is 5.56 Å². The van der Waals surface area contributed by atoms with E-state index in [9.17, 15) is 18.0 Å². The minimum atomic E-state index is -3.96. The number of H-pyrrole nitrogens is 1. The third kappa shape index (κ3) is 5.39. The fourth-order valence-electron chi connectivity index (χ4n) is 4.30. The van der Waals surface area contributed by atoms with Gasteiger partial charge in [-0.15, -0.1) is 0 Å². The average Bonchev–Trinajstić information content (AvgIpc) is 2.88. The van der Waals surface area contributed by atoms with Crippen LogP contribution in [-0.2, 0) is 19.6 Å². The van der Waals surface area contributed by atoms with Crippen molar-refractivity contribution in [1.82, 2.24) is 14.3 Å². The molecule has 0 radical (unpaired) electrons. The summed E-state index contributed by atoms with van der Waals surface area (Å²) in [7, 11) is -3.96. The smallest absolute Gasteiger partial charge is 0.310 e. The van der Waals surface area contributed by atoms with Crippen LogP contribution in [0.15, 0.2) is 40.0 Å². The Kier molecular flexibility index (Phi) is 7.69. The van der Waals surface area contributed by atoms with Crippen molar-refractivity contribution < 1.29 is 22.7 Å². The summed E-state index contributed by atoms with van der Waals surface area (Å²) in [4.78, 5) is 32.3. The Morgan fingerprint density at radius 3 is 2.68 bits per heavy atom. The fourth-order valence-corrected chi connectivity index (χ4v) is 5.85. The van der Waals surface area contributed by atoms with E-state index in [-0.39, 0.29) is 47.2 Å². The van der Waals surface area contributed by atoms with Crippen molar-refractivity contribution in [3.05, 3.63) is 40.7 Å². The van der Waals surface area contributed by atoms with Gasteiger partial charge in [-0.2, -0.15) is 4.31 Å². The van der Waals surface area contributed by atoms with E-state index in [1.165, 1.54) is 28.6 Å². The van der Waals surface area contributed by atoms with Crippen LogP contribution in [0.1, 0.15) is 33.1 Å². The molecular weight excluding hydrogens is 498 g/mol. The molecule has 5 N–H and O–H groups in total. The van der Waals surface area contributed by atoms with E-state index >= 15 is 0 Å². The molecule has 0 saturated carbocycles. The molecule has 1 fully saturated rings. The van der Waals surface area contributed by atoms with E-state index in [1.807, 2.05) is 6.92 Å². The summed E-state index contributed by atoms with van der Waals surface area (Å²) in [6.07, 6.45) is 1.83. The normalized spacial score (nSPS) is 16.5. The van der Waals surface area contributed by atoms with Crippen LogP contribution in [0, 0.1) is 5.92 Å². The number of fused-ring (bicyclic) bond motifs is 1. The zero-order chi connectivity index (χ0) is 26.7. The largest absolute Gasteiger partial charge is 0.493 e. The number of anilines is 2. The number of carbonyl (C=O) groups excluding carboxylic acids is 1. The van der Waals surface area contributed by atoms with Crippen molar-refractivity contribution in [3.63, 3.8) is 0 Å². The second kappa shape index (κ2) is 10.8. The number of nitrogens with zero attached hydrogens (tertiary/aromatic N) is 2. The lowest BCUT2D eigenvalue weighted by Gasteiger charge is -2.30. The van der Waals surface area contributed by atoms with Crippen LogP contribution < -0.4 is 21.8 Å². The Morgan fingerprint density at radius 2 is 1.95 bits per heavy atom. The highest BCUT2D eigenvalue weighted by Crippen LogP contribution is 2.33. The first-order chi connectivity index (χ1) is 17.6. The van der Waals surface area contributed by atoms with Crippen LogP contribution >= 0.6 is 0 Å². The number of piperidine rings is 1. The first-order valence-corrected chi connectivity index (χ1v) is 13.6. The Morgan fingerprint density at radius 1 is 1.19 bits per heavy atom. The average molecular weight is 530 g/mol. The monoisotopic (exact) mass is 529 g/mol. The van der Waals surface area contributed by atoms with Gasteiger partial charge in [0.15, 0.2) is 0 Å². The molecule has 0 aliphatic carbocycles. The summed E-state index contributed by atoms with van der Waals surface area (Å²) in [6, 6.07) is 7.38. The Labute approximate surface area is 214 Å². The Bertz CT molecular complexity index is 1490. The van der Waals surface area contributed by atoms with E-state index in [1.54, 1.807) is 13.0 Å². The first-order valence-electron chi connectivity index (χ1n) is 12.2. The zero-order valence-corrected chi connectivity index (χ0v) is 21.6. The molecular formula is C25H31N5O6S. The number of benzene rings is 2. The SMILES string of the molecule is CCCOc1ccc(S(=O)(=O)N2CCCC(C(=O)OCC)C2)cc1-c1nc2cc(N)c(N)cc2c(=O)[nH]1. The third-order valence-electron chi connectivity index (χ3n) is 6.22. The van der Waals surface area contributed by atoms with Gasteiger partial charge < -0.3 is 25.9 Å². The van der Waals surface area contributed by atoms with Crippen molar-refractivity contribution >= 4 is 38.3 Å². The number of hydrogen-bond donors (Lipinski definition) is 3. The van der Waals surface area contributed by atoms with E-state index in [0.29, 0.717) is 36.3 Å². The number of carbonyl (C=O) groups is 1.